The van der Waals surface area contributed by atoms with Crippen molar-refractivity contribution in [2.24, 2.45) is 0 Å². The topological polar surface area (TPSA) is 24.9 Å². The number of hydrogen-bond donors (Lipinski definition) is 1. The molecule has 0 fully saturated rings. The van der Waals surface area contributed by atoms with E-state index in [4.69, 9.17) is 11.6 Å². The summed E-state index contributed by atoms with van der Waals surface area (Å²) in [6.07, 6.45) is 5.84. The van der Waals surface area contributed by atoms with Crippen molar-refractivity contribution in [1.29, 1.82) is 0 Å². The van der Waals surface area contributed by atoms with Gasteiger partial charge < -0.3 is 5.32 Å². The molecule has 3 rings (SSSR count). The third kappa shape index (κ3) is 2.45. The van der Waals surface area contributed by atoms with E-state index in [0.29, 0.717) is 12.0 Å². The Bertz CT molecular complexity index is 582. The summed E-state index contributed by atoms with van der Waals surface area (Å²) in [5.41, 5.74) is 3.76. The van der Waals surface area contributed by atoms with Crippen molar-refractivity contribution >= 4 is 17.3 Å². The first-order valence-electron chi connectivity index (χ1n) is 6.70. The molecule has 1 aliphatic carbocycles. The van der Waals surface area contributed by atoms with Crippen molar-refractivity contribution in [3.05, 3.63) is 58.9 Å². The van der Waals surface area contributed by atoms with Crippen molar-refractivity contribution in [1.82, 2.24) is 4.98 Å². The Labute approximate surface area is 118 Å². The number of benzene rings is 1. The van der Waals surface area contributed by atoms with Gasteiger partial charge in [-0.25, -0.2) is 0 Å². The predicted octanol–water partition coefficient (Wildman–Crippen LogP) is 4.79. The lowest BCUT2D eigenvalue weighted by molar-refractivity contribution is 0.534. The molecule has 1 heterocycles. The Hall–Kier alpha value is -1.54. The van der Waals surface area contributed by atoms with Crippen LogP contribution >= 0.6 is 11.6 Å². The summed E-state index contributed by atoms with van der Waals surface area (Å²) in [4.78, 5) is 4.13. The van der Waals surface area contributed by atoms with Crippen LogP contribution in [0.15, 0.2) is 42.7 Å². The minimum atomic E-state index is 0.328. The van der Waals surface area contributed by atoms with Gasteiger partial charge in [0.05, 0.1) is 22.9 Å². The zero-order chi connectivity index (χ0) is 13.2. The molecule has 3 heteroatoms. The van der Waals surface area contributed by atoms with E-state index in [0.717, 1.165) is 17.1 Å². The number of aromatic nitrogens is 1. The summed E-state index contributed by atoms with van der Waals surface area (Å²) >= 11 is 6.20. The normalized spacial score (nSPS) is 21.8. The molecule has 0 amide bonds. The highest BCUT2D eigenvalue weighted by atomic mass is 35.5. The Morgan fingerprint density at radius 3 is 2.74 bits per heavy atom. The van der Waals surface area contributed by atoms with Crippen LogP contribution in [0.25, 0.3) is 0 Å². The van der Waals surface area contributed by atoms with Crippen LogP contribution in [-0.2, 0) is 0 Å². The van der Waals surface area contributed by atoms with Crippen LogP contribution in [0.2, 0.25) is 5.02 Å². The molecule has 98 valence electrons. The first kappa shape index (κ1) is 12.5. The average Bonchev–Trinajstić information content (AvgIpc) is 2.44. The molecule has 2 atom stereocenters. The first-order valence-corrected chi connectivity index (χ1v) is 7.08. The Kier molecular flexibility index (Phi) is 3.43. The van der Waals surface area contributed by atoms with Crippen LogP contribution in [0.3, 0.4) is 0 Å². The Morgan fingerprint density at radius 1 is 1.16 bits per heavy atom. The van der Waals surface area contributed by atoms with Crippen LogP contribution in [0.5, 0.6) is 0 Å². The third-order valence-electron chi connectivity index (χ3n) is 3.89. The number of nitrogens with zero attached hydrogens (tertiary/aromatic N) is 1. The molecular weight excluding hydrogens is 256 g/mol. The number of fused-ring (bicyclic) bond motifs is 1. The monoisotopic (exact) mass is 272 g/mol. The van der Waals surface area contributed by atoms with Gasteiger partial charge in [0.1, 0.15) is 0 Å². The summed E-state index contributed by atoms with van der Waals surface area (Å²) in [5.74, 6) is 0.638. The fourth-order valence-corrected chi connectivity index (χ4v) is 2.99. The second-order valence-electron chi connectivity index (χ2n) is 5.16. The average molecular weight is 273 g/mol. The molecule has 1 N–H and O–H groups in total. The number of pyridine rings is 1. The second kappa shape index (κ2) is 5.22. The van der Waals surface area contributed by atoms with Crippen LogP contribution in [0.4, 0.5) is 5.69 Å². The molecule has 1 aromatic heterocycles. The van der Waals surface area contributed by atoms with Gasteiger partial charge in [-0.15, -0.1) is 0 Å². The maximum Gasteiger partial charge on any atom is 0.0720 e. The minimum Gasteiger partial charge on any atom is -0.376 e. The fourth-order valence-electron chi connectivity index (χ4n) is 2.83. The van der Waals surface area contributed by atoms with Crippen molar-refractivity contribution in [3.63, 3.8) is 0 Å². The van der Waals surface area contributed by atoms with Gasteiger partial charge >= 0.3 is 0 Å². The summed E-state index contributed by atoms with van der Waals surface area (Å²) in [6.45, 7) is 2.30. The summed E-state index contributed by atoms with van der Waals surface area (Å²) in [5, 5.41) is 4.26. The molecule has 0 aliphatic heterocycles. The number of halogens is 1. The number of nitrogens with one attached hydrogen (secondary N) is 1. The molecule has 2 aromatic rings. The highest BCUT2D eigenvalue weighted by Crippen LogP contribution is 2.39. The summed E-state index contributed by atoms with van der Waals surface area (Å²) < 4.78 is 0. The third-order valence-corrected chi connectivity index (χ3v) is 4.22. The zero-order valence-electron chi connectivity index (χ0n) is 10.9. The van der Waals surface area contributed by atoms with Gasteiger partial charge in [-0.1, -0.05) is 42.8 Å². The van der Waals surface area contributed by atoms with Crippen LogP contribution in [-0.4, -0.2) is 4.98 Å². The summed E-state index contributed by atoms with van der Waals surface area (Å²) in [7, 11) is 0. The second-order valence-corrected chi connectivity index (χ2v) is 5.57. The van der Waals surface area contributed by atoms with Crippen molar-refractivity contribution in [2.45, 2.75) is 31.7 Å². The molecule has 0 saturated carbocycles. The lowest BCUT2D eigenvalue weighted by Crippen LogP contribution is -2.19. The van der Waals surface area contributed by atoms with E-state index in [1.165, 1.54) is 17.5 Å². The van der Waals surface area contributed by atoms with Gasteiger partial charge in [0.2, 0.25) is 0 Å². The van der Waals surface area contributed by atoms with Gasteiger partial charge in [-0.2, -0.15) is 0 Å². The van der Waals surface area contributed by atoms with Gasteiger partial charge in [0, 0.05) is 6.20 Å². The van der Waals surface area contributed by atoms with Crippen LogP contribution in [0.1, 0.15) is 42.9 Å². The van der Waals surface area contributed by atoms with E-state index in [1.54, 1.807) is 12.4 Å². The maximum absolute atomic E-state index is 6.20. The number of anilines is 1. The van der Waals surface area contributed by atoms with Gasteiger partial charge in [0.15, 0.2) is 0 Å². The van der Waals surface area contributed by atoms with Gasteiger partial charge in [0.25, 0.3) is 0 Å². The van der Waals surface area contributed by atoms with E-state index in [9.17, 15) is 0 Å². The highest BCUT2D eigenvalue weighted by Gasteiger charge is 2.24. The standard InChI is InChI=1S/C16H17ClN2/c1-11-6-7-15(13-5-3-2-4-12(11)13)19-16-10-18-9-8-14(16)17/h2-5,8-11,15,19H,6-7H2,1H3. The van der Waals surface area contributed by atoms with E-state index >= 15 is 0 Å². The SMILES string of the molecule is CC1CCC(Nc2cnccc2Cl)c2ccccc21. The van der Waals surface area contributed by atoms with Gasteiger partial charge in [-0.3, -0.25) is 4.98 Å². The molecule has 1 aliphatic rings. The van der Waals surface area contributed by atoms with Gasteiger partial charge in [-0.05, 0) is 36.0 Å². The van der Waals surface area contributed by atoms with Crippen molar-refractivity contribution < 1.29 is 0 Å². The molecule has 1 aromatic carbocycles. The molecular formula is C16H17ClN2. The zero-order valence-corrected chi connectivity index (χ0v) is 11.7. The molecule has 0 radical (unpaired) electrons. The lowest BCUT2D eigenvalue weighted by Gasteiger charge is -2.31. The Balaban J connectivity index is 1.91. The molecule has 0 bridgehead atoms. The first-order chi connectivity index (χ1) is 9.25. The summed E-state index contributed by atoms with van der Waals surface area (Å²) in [6, 6.07) is 10.8. The molecule has 2 unspecified atom stereocenters. The number of rotatable bonds is 2. The highest BCUT2D eigenvalue weighted by molar-refractivity contribution is 6.33. The van der Waals surface area contributed by atoms with Crippen molar-refractivity contribution in [2.75, 3.05) is 5.32 Å². The van der Waals surface area contributed by atoms with Crippen LogP contribution < -0.4 is 5.32 Å². The van der Waals surface area contributed by atoms with E-state index < -0.39 is 0 Å². The molecule has 0 saturated heterocycles. The molecule has 2 nitrogen and oxygen atoms in total. The largest absolute Gasteiger partial charge is 0.376 e. The minimum absolute atomic E-state index is 0.328. The predicted molar refractivity (Wildman–Crippen MR) is 79.7 cm³/mol. The van der Waals surface area contributed by atoms with E-state index in [1.807, 2.05) is 6.07 Å². The maximum atomic E-state index is 6.20. The molecule has 0 spiro atoms. The lowest BCUT2D eigenvalue weighted by atomic mass is 9.81. The fraction of sp³-hybridized carbons (Fsp3) is 0.312. The number of hydrogen-bond acceptors (Lipinski definition) is 2. The van der Waals surface area contributed by atoms with E-state index in [-0.39, 0.29) is 0 Å². The smallest absolute Gasteiger partial charge is 0.0720 e. The quantitative estimate of drug-likeness (QED) is 0.850. The van der Waals surface area contributed by atoms with Crippen molar-refractivity contribution in [3.8, 4) is 0 Å². The van der Waals surface area contributed by atoms with Crippen LogP contribution in [0, 0.1) is 0 Å². The van der Waals surface area contributed by atoms with E-state index in [2.05, 4.69) is 41.5 Å². The Morgan fingerprint density at radius 2 is 1.95 bits per heavy atom. The molecule has 19 heavy (non-hydrogen) atoms.